The van der Waals surface area contributed by atoms with E-state index in [0.717, 1.165) is 5.56 Å². The highest BCUT2D eigenvalue weighted by atomic mass is 32.2. The molecule has 1 heterocycles. The third-order valence-electron chi connectivity index (χ3n) is 4.28. The van der Waals surface area contributed by atoms with E-state index in [0.29, 0.717) is 23.4 Å². The van der Waals surface area contributed by atoms with Crippen LogP contribution in [0, 0.1) is 6.92 Å². The highest BCUT2D eigenvalue weighted by molar-refractivity contribution is 7.99. The first-order valence-electron chi connectivity index (χ1n) is 8.80. The molecule has 0 bridgehead atoms. The summed E-state index contributed by atoms with van der Waals surface area (Å²) in [6.45, 7) is 1.91. The van der Waals surface area contributed by atoms with Crippen molar-refractivity contribution in [1.29, 1.82) is 0 Å². The zero-order valence-corrected chi connectivity index (χ0v) is 17.1. The Kier molecular flexibility index (Phi) is 7.89. The fraction of sp³-hybridized carbons (Fsp3) is 0.368. The molecule has 2 aromatic rings. The molecular formula is C19H22F2N4O3S. The maximum absolute atomic E-state index is 12.4. The van der Waals surface area contributed by atoms with Crippen LogP contribution in [0.5, 0.6) is 0 Å². The summed E-state index contributed by atoms with van der Waals surface area (Å²) in [5, 5.41) is 2.39. The average Bonchev–Trinajstić information content (AvgIpc) is 2.66. The monoisotopic (exact) mass is 424 g/mol. The van der Waals surface area contributed by atoms with E-state index >= 15 is 0 Å². The molecule has 0 aliphatic rings. The van der Waals surface area contributed by atoms with Gasteiger partial charge in [-0.05, 0) is 42.8 Å². The van der Waals surface area contributed by atoms with Gasteiger partial charge >= 0.3 is 0 Å². The number of rotatable bonds is 8. The summed E-state index contributed by atoms with van der Waals surface area (Å²) in [6, 6.07) is 6.90. The van der Waals surface area contributed by atoms with Crippen LogP contribution in [0.2, 0.25) is 0 Å². The van der Waals surface area contributed by atoms with Crippen LogP contribution < -0.4 is 10.9 Å². The lowest BCUT2D eigenvalue weighted by Gasteiger charge is -2.17. The standard InChI is InChI=1S/C19H22F2N4O3S/c1-11-14(17(28)24-19(23-11)29-18(20)21)8-9-15(26)25(3)10-12-4-6-13(7-5-12)16(27)22-2/h4-7,18H,8-10H2,1-3H3,(H,22,27)(H,23,24,28). The van der Waals surface area contributed by atoms with E-state index < -0.39 is 11.3 Å². The van der Waals surface area contributed by atoms with Gasteiger partial charge in [-0.15, -0.1) is 0 Å². The van der Waals surface area contributed by atoms with Crippen molar-refractivity contribution in [1.82, 2.24) is 20.2 Å². The van der Waals surface area contributed by atoms with Crippen LogP contribution in [0.1, 0.15) is 33.6 Å². The molecule has 156 valence electrons. The van der Waals surface area contributed by atoms with Crippen molar-refractivity contribution in [2.75, 3.05) is 14.1 Å². The number of thioether (sulfide) groups is 1. The third-order valence-corrected chi connectivity index (χ3v) is 4.87. The molecule has 0 atom stereocenters. The summed E-state index contributed by atoms with van der Waals surface area (Å²) < 4.78 is 24.8. The molecule has 1 aromatic heterocycles. The third kappa shape index (κ3) is 6.38. The normalized spacial score (nSPS) is 10.8. The van der Waals surface area contributed by atoms with Gasteiger partial charge in [0.25, 0.3) is 17.2 Å². The zero-order valence-electron chi connectivity index (χ0n) is 16.3. The summed E-state index contributed by atoms with van der Waals surface area (Å²) in [5.74, 6) is -3.04. The Morgan fingerprint density at radius 3 is 2.48 bits per heavy atom. The number of hydrogen-bond acceptors (Lipinski definition) is 5. The average molecular weight is 424 g/mol. The predicted molar refractivity (Wildman–Crippen MR) is 106 cm³/mol. The van der Waals surface area contributed by atoms with Gasteiger partial charge in [0.05, 0.1) is 0 Å². The number of halogens is 2. The highest BCUT2D eigenvalue weighted by Gasteiger charge is 2.15. The Morgan fingerprint density at radius 1 is 1.28 bits per heavy atom. The number of carbonyl (C=O) groups is 2. The molecule has 1 aromatic carbocycles. The Balaban J connectivity index is 1.96. The second-order valence-corrected chi connectivity index (χ2v) is 7.32. The molecule has 0 aliphatic heterocycles. The SMILES string of the molecule is CNC(=O)c1ccc(CN(C)C(=O)CCc2c(C)nc(SC(F)F)[nH]c2=O)cc1. The summed E-state index contributed by atoms with van der Waals surface area (Å²) in [6.07, 6.45) is 0.242. The van der Waals surface area contributed by atoms with Gasteiger partial charge in [0.2, 0.25) is 5.91 Å². The van der Waals surface area contributed by atoms with Gasteiger partial charge in [0, 0.05) is 43.9 Å². The lowest BCUT2D eigenvalue weighted by molar-refractivity contribution is -0.130. The first kappa shape index (κ1) is 22.5. The Labute approximate surface area is 170 Å². The van der Waals surface area contributed by atoms with Crippen LogP contribution in [-0.2, 0) is 17.8 Å². The van der Waals surface area contributed by atoms with Gasteiger partial charge in [-0.25, -0.2) is 4.98 Å². The van der Waals surface area contributed by atoms with Crippen molar-refractivity contribution in [3.05, 3.63) is 57.0 Å². The largest absolute Gasteiger partial charge is 0.355 e. The summed E-state index contributed by atoms with van der Waals surface area (Å²) in [7, 11) is 3.20. The zero-order chi connectivity index (χ0) is 21.6. The molecule has 0 saturated carbocycles. The van der Waals surface area contributed by atoms with Crippen LogP contribution in [0.3, 0.4) is 0 Å². The number of alkyl halides is 2. The Bertz CT molecular complexity index is 932. The van der Waals surface area contributed by atoms with Crippen LogP contribution in [0.4, 0.5) is 8.78 Å². The number of nitrogens with zero attached hydrogens (tertiary/aromatic N) is 2. The maximum Gasteiger partial charge on any atom is 0.291 e. The topological polar surface area (TPSA) is 95.2 Å². The Morgan fingerprint density at radius 2 is 1.93 bits per heavy atom. The van der Waals surface area contributed by atoms with E-state index in [1.54, 1.807) is 45.3 Å². The number of benzene rings is 1. The molecule has 7 nitrogen and oxygen atoms in total. The van der Waals surface area contributed by atoms with Crippen molar-refractivity contribution in [3.8, 4) is 0 Å². The van der Waals surface area contributed by atoms with Crippen molar-refractivity contribution in [3.63, 3.8) is 0 Å². The molecule has 29 heavy (non-hydrogen) atoms. The maximum atomic E-state index is 12.4. The lowest BCUT2D eigenvalue weighted by atomic mass is 10.1. The minimum atomic E-state index is -2.68. The second-order valence-electron chi connectivity index (χ2n) is 6.34. The van der Waals surface area contributed by atoms with E-state index in [-0.39, 0.29) is 41.6 Å². The molecule has 0 fully saturated rings. The van der Waals surface area contributed by atoms with E-state index in [2.05, 4.69) is 15.3 Å². The highest BCUT2D eigenvalue weighted by Crippen LogP contribution is 2.21. The quantitative estimate of drug-likeness (QED) is 0.501. The summed E-state index contributed by atoms with van der Waals surface area (Å²) in [5.41, 5.74) is 1.51. The van der Waals surface area contributed by atoms with Crippen molar-refractivity contribution in [2.45, 2.75) is 37.2 Å². The number of carbonyl (C=O) groups excluding carboxylic acids is 2. The number of aromatic amines is 1. The number of H-pyrrole nitrogens is 1. The second kappa shape index (κ2) is 10.1. The fourth-order valence-electron chi connectivity index (χ4n) is 2.71. The first-order chi connectivity index (χ1) is 13.7. The van der Waals surface area contributed by atoms with Gasteiger partial charge in [-0.3, -0.25) is 14.4 Å². The summed E-state index contributed by atoms with van der Waals surface area (Å²) in [4.78, 5) is 43.9. The molecule has 0 aliphatic carbocycles. The van der Waals surface area contributed by atoms with E-state index in [1.807, 2.05) is 0 Å². The van der Waals surface area contributed by atoms with Gasteiger partial charge in [-0.1, -0.05) is 12.1 Å². The summed E-state index contributed by atoms with van der Waals surface area (Å²) >= 11 is 0.170. The molecule has 0 unspecified atom stereocenters. The number of nitrogens with one attached hydrogen (secondary N) is 2. The molecule has 0 saturated heterocycles. The molecule has 2 amide bonds. The molecular weight excluding hydrogens is 402 g/mol. The number of hydrogen-bond donors (Lipinski definition) is 2. The van der Waals surface area contributed by atoms with Crippen molar-refractivity contribution in [2.24, 2.45) is 0 Å². The number of aryl methyl sites for hydroxylation is 1. The molecule has 0 radical (unpaired) electrons. The minimum Gasteiger partial charge on any atom is -0.355 e. The van der Waals surface area contributed by atoms with Gasteiger partial charge in [0.15, 0.2) is 5.16 Å². The molecule has 2 N–H and O–H groups in total. The molecule has 2 rings (SSSR count). The van der Waals surface area contributed by atoms with Crippen LogP contribution in [-0.4, -0.2) is 46.5 Å². The number of aromatic nitrogens is 2. The lowest BCUT2D eigenvalue weighted by Crippen LogP contribution is -2.27. The van der Waals surface area contributed by atoms with Crippen LogP contribution in [0.25, 0.3) is 0 Å². The molecule has 0 spiro atoms. The van der Waals surface area contributed by atoms with E-state index in [1.165, 1.54) is 4.90 Å². The van der Waals surface area contributed by atoms with Crippen LogP contribution >= 0.6 is 11.8 Å². The Hall–Kier alpha value is -2.75. The van der Waals surface area contributed by atoms with Crippen LogP contribution in [0.15, 0.2) is 34.2 Å². The fourth-order valence-corrected chi connectivity index (χ4v) is 3.22. The minimum absolute atomic E-state index is 0.0831. The molecule has 10 heteroatoms. The van der Waals surface area contributed by atoms with Gasteiger partial charge in [-0.2, -0.15) is 8.78 Å². The van der Waals surface area contributed by atoms with Crippen molar-refractivity contribution >= 4 is 23.6 Å². The van der Waals surface area contributed by atoms with E-state index in [4.69, 9.17) is 0 Å². The van der Waals surface area contributed by atoms with Crippen molar-refractivity contribution < 1.29 is 18.4 Å². The predicted octanol–water partition coefficient (Wildman–Crippen LogP) is 2.34. The van der Waals surface area contributed by atoms with Gasteiger partial charge in [0.1, 0.15) is 0 Å². The smallest absolute Gasteiger partial charge is 0.291 e. The van der Waals surface area contributed by atoms with E-state index in [9.17, 15) is 23.2 Å². The van der Waals surface area contributed by atoms with Gasteiger partial charge < -0.3 is 15.2 Å². The number of amides is 2. The first-order valence-corrected chi connectivity index (χ1v) is 9.68.